The van der Waals surface area contributed by atoms with E-state index in [2.05, 4.69) is 20.8 Å². The van der Waals surface area contributed by atoms with E-state index in [0.717, 1.165) is 10.9 Å². The van der Waals surface area contributed by atoms with E-state index in [1.165, 1.54) is 18.7 Å². The van der Waals surface area contributed by atoms with Crippen molar-refractivity contribution in [2.24, 2.45) is 5.73 Å². The van der Waals surface area contributed by atoms with Crippen LogP contribution in [0.5, 0.6) is 0 Å². The molecule has 0 aliphatic heterocycles. The molecule has 1 rings (SSSR count). The van der Waals surface area contributed by atoms with Crippen molar-refractivity contribution in [3.8, 4) is 0 Å². The normalized spacial score (nSPS) is 10.3. The van der Waals surface area contributed by atoms with Crippen LogP contribution in [-0.2, 0) is 11.3 Å². The molecule has 0 fully saturated rings. The number of nitrogens with one attached hydrogen (secondary N) is 1. The summed E-state index contributed by atoms with van der Waals surface area (Å²) in [5.74, 6) is 0.710. The van der Waals surface area contributed by atoms with Gasteiger partial charge in [0, 0.05) is 25.8 Å². The molecule has 0 radical (unpaired) electrons. The number of aromatic nitrogens is 4. The monoisotopic (exact) mass is 230 g/mol. The van der Waals surface area contributed by atoms with Gasteiger partial charge in [-0.05, 0) is 10.4 Å². The molecule has 7 nitrogen and oxygen atoms in total. The highest BCUT2D eigenvalue weighted by Gasteiger charge is 2.05. The molecule has 0 aliphatic rings. The van der Waals surface area contributed by atoms with Gasteiger partial charge in [0.25, 0.3) is 0 Å². The minimum absolute atomic E-state index is 0.0304. The summed E-state index contributed by atoms with van der Waals surface area (Å²) < 4.78 is 1.65. The van der Waals surface area contributed by atoms with Crippen LogP contribution < -0.4 is 11.1 Å². The quantitative estimate of drug-likeness (QED) is 0.473. The lowest BCUT2D eigenvalue weighted by Gasteiger charge is -2.02. The van der Waals surface area contributed by atoms with Gasteiger partial charge in [-0.3, -0.25) is 4.79 Å². The fourth-order valence-electron chi connectivity index (χ4n) is 0.932. The van der Waals surface area contributed by atoms with Crippen LogP contribution >= 0.6 is 11.8 Å². The van der Waals surface area contributed by atoms with E-state index in [4.69, 9.17) is 5.73 Å². The minimum atomic E-state index is -0.0304. The summed E-state index contributed by atoms with van der Waals surface area (Å²) in [7, 11) is 0. The van der Waals surface area contributed by atoms with Crippen LogP contribution in [0, 0.1) is 0 Å². The van der Waals surface area contributed by atoms with Crippen molar-refractivity contribution in [3.63, 3.8) is 0 Å². The molecule has 0 saturated heterocycles. The highest BCUT2D eigenvalue weighted by molar-refractivity contribution is 7.99. The Kier molecular flexibility index (Phi) is 5.05. The molecule has 1 aromatic rings. The van der Waals surface area contributed by atoms with Gasteiger partial charge >= 0.3 is 0 Å². The third-order valence-corrected chi connectivity index (χ3v) is 2.51. The first-order valence-corrected chi connectivity index (χ1v) is 5.56. The molecule has 0 aliphatic carbocycles. The van der Waals surface area contributed by atoms with Crippen LogP contribution in [0.4, 0.5) is 0 Å². The van der Waals surface area contributed by atoms with E-state index in [0.29, 0.717) is 19.6 Å². The number of carbonyl (C=O) groups excluding carboxylic acids is 1. The summed E-state index contributed by atoms with van der Waals surface area (Å²) >= 11 is 1.49. The zero-order chi connectivity index (χ0) is 11.1. The molecule has 1 amide bonds. The Morgan fingerprint density at radius 2 is 2.47 bits per heavy atom. The van der Waals surface area contributed by atoms with Gasteiger partial charge in [0.15, 0.2) is 0 Å². The van der Waals surface area contributed by atoms with Gasteiger partial charge in [-0.1, -0.05) is 11.8 Å². The van der Waals surface area contributed by atoms with Gasteiger partial charge in [0.1, 0.15) is 0 Å². The van der Waals surface area contributed by atoms with Gasteiger partial charge in [-0.15, -0.1) is 5.10 Å². The minimum Gasteiger partial charge on any atom is -0.356 e. The number of hydrogen-bond donors (Lipinski definition) is 2. The van der Waals surface area contributed by atoms with Gasteiger partial charge in [0.05, 0.1) is 6.54 Å². The maximum absolute atomic E-state index is 10.6. The Balaban J connectivity index is 2.30. The smallest absolute Gasteiger partial charge is 0.216 e. The number of amides is 1. The van der Waals surface area contributed by atoms with Crippen LogP contribution in [0.1, 0.15) is 6.92 Å². The highest BCUT2D eigenvalue weighted by atomic mass is 32.2. The zero-order valence-corrected chi connectivity index (χ0v) is 9.33. The van der Waals surface area contributed by atoms with Gasteiger partial charge in [-0.2, -0.15) is 0 Å². The lowest BCUT2D eigenvalue weighted by molar-refractivity contribution is -0.118. The Bertz CT molecular complexity index is 314. The Morgan fingerprint density at radius 1 is 1.67 bits per heavy atom. The molecular formula is C7H14N6OS. The SMILES string of the molecule is CC(=O)NCCSc1nnnn1CCN. The van der Waals surface area contributed by atoms with E-state index >= 15 is 0 Å². The van der Waals surface area contributed by atoms with E-state index in [-0.39, 0.29) is 5.91 Å². The largest absolute Gasteiger partial charge is 0.356 e. The maximum Gasteiger partial charge on any atom is 0.216 e. The van der Waals surface area contributed by atoms with E-state index in [9.17, 15) is 4.79 Å². The molecule has 0 atom stereocenters. The van der Waals surface area contributed by atoms with Gasteiger partial charge in [0.2, 0.25) is 11.1 Å². The standard InChI is InChI=1S/C7H14N6OS/c1-6(14)9-3-5-15-7-10-11-12-13(7)4-2-8/h2-5,8H2,1H3,(H,9,14). The molecule has 0 unspecified atom stereocenters. The molecular weight excluding hydrogens is 216 g/mol. The second-order valence-electron chi connectivity index (χ2n) is 2.80. The highest BCUT2D eigenvalue weighted by Crippen LogP contribution is 2.11. The number of hydrogen-bond acceptors (Lipinski definition) is 6. The second-order valence-corrected chi connectivity index (χ2v) is 3.87. The first kappa shape index (κ1) is 11.9. The molecule has 15 heavy (non-hydrogen) atoms. The summed E-state index contributed by atoms with van der Waals surface area (Å²) in [5.41, 5.74) is 5.40. The molecule has 1 heterocycles. The van der Waals surface area contributed by atoms with Crippen LogP contribution in [-0.4, -0.2) is 45.0 Å². The zero-order valence-electron chi connectivity index (χ0n) is 8.51. The molecule has 0 bridgehead atoms. The summed E-state index contributed by atoms with van der Waals surface area (Å²) in [5, 5.41) is 14.6. The van der Waals surface area contributed by atoms with Crippen molar-refractivity contribution in [1.29, 1.82) is 0 Å². The molecule has 0 aromatic carbocycles. The van der Waals surface area contributed by atoms with Crippen molar-refractivity contribution in [1.82, 2.24) is 25.5 Å². The summed E-state index contributed by atoms with van der Waals surface area (Å²) in [6, 6.07) is 0. The number of rotatable bonds is 6. The Hall–Kier alpha value is -1.15. The van der Waals surface area contributed by atoms with Gasteiger partial charge < -0.3 is 11.1 Å². The fourth-order valence-corrected chi connectivity index (χ4v) is 1.69. The van der Waals surface area contributed by atoms with Gasteiger partial charge in [-0.25, -0.2) is 4.68 Å². The maximum atomic E-state index is 10.6. The number of nitrogens with zero attached hydrogens (tertiary/aromatic N) is 4. The van der Waals surface area contributed by atoms with E-state index in [1.54, 1.807) is 4.68 Å². The second kappa shape index (κ2) is 6.36. The van der Waals surface area contributed by atoms with E-state index in [1.807, 2.05) is 0 Å². The fraction of sp³-hybridized carbons (Fsp3) is 0.714. The average Bonchev–Trinajstić information content (AvgIpc) is 2.61. The molecule has 3 N–H and O–H groups in total. The van der Waals surface area contributed by atoms with Crippen LogP contribution in [0.25, 0.3) is 0 Å². The number of carbonyl (C=O) groups is 1. The lowest BCUT2D eigenvalue weighted by Crippen LogP contribution is -2.22. The topological polar surface area (TPSA) is 98.7 Å². The molecule has 1 aromatic heterocycles. The summed E-state index contributed by atoms with van der Waals surface area (Å²) in [6.07, 6.45) is 0. The first-order chi connectivity index (χ1) is 7.24. The number of tetrazole rings is 1. The first-order valence-electron chi connectivity index (χ1n) is 4.57. The van der Waals surface area contributed by atoms with Crippen LogP contribution in [0.15, 0.2) is 5.16 Å². The third-order valence-electron chi connectivity index (χ3n) is 1.55. The summed E-state index contributed by atoms with van der Waals surface area (Å²) in [4.78, 5) is 10.6. The van der Waals surface area contributed by atoms with Crippen molar-refractivity contribution < 1.29 is 4.79 Å². The average molecular weight is 230 g/mol. The lowest BCUT2D eigenvalue weighted by atomic mass is 10.6. The van der Waals surface area contributed by atoms with E-state index < -0.39 is 0 Å². The number of nitrogens with two attached hydrogens (primary N) is 1. The van der Waals surface area contributed by atoms with Crippen molar-refractivity contribution in [3.05, 3.63) is 0 Å². The van der Waals surface area contributed by atoms with Crippen molar-refractivity contribution in [2.75, 3.05) is 18.8 Å². The molecule has 8 heteroatoms. The number of thioether (sulfide) groups is 1. The predicted octanol–water partition coefficient (Wildman–Crippen LogP) is -1.14. The Labute approximate surface area is 91.8 Å². The van der Waals surface area contributed by atoms with Crippen molar-refractivity contribution in [2.45, 2.75) is 18.6 Å². The third kappa shape index (κ3) is 4.26. The summed E-state index contributed by atoms with van der Waals surface area (Å²) in [6.45, 7) is 3.21. The molecule has 0 spiro atoms. The molecule has 84 valence electrons. The van der Waals surface area contributed by atoms with Crippen molar-refractivity contribution >= 4 is 17.7 Å². The molecule has 0 saturated carbocycles. The van der Waals surface area contributed by atoms with Crippen LogP contribution in [0.3, 0.4) is 0 Å². The Morgan fingerprint density at radius 3 is 3.13 bits per heavy atom. The predicted molar refractivity (Wildman–Crippen MR) is 56.3 cm³/mol. The van der Waals surface area contributed by atoms with Crippen LogP contribution in [0.2, 0.25) is 0 Å².